The van der Waals surface area contributed by atoms with Gasteiger partial charge in [-0.2, -0.15) is 0 Å². The monoisotopic (exact) mass is 326 g/mol. The molecule has 2 heteroatoms. The molecule has 2 unspecified atom stereocenters. The third kappa shape index (κ3) is 6.32. The first-order chi connectivity index (χ1) is 11.1. The number of hydrogen-bond donors (Lipinski definition) is 0. The van der Waals surface area contributed by atoms with Crippen LogP contribution in [0, 0.1) is 10.8 Å². The maximum Gasteiger partial charge on any atom is 0.120 e. The first-order valence-corrected chi connectivity index (χ1v) is 8.64. The number of benzene rings is 1. The van der Waals surface area contributed by atoms with E-state index in [-0.39, 0.29) is 10.8 Å². The van der Waals surface area contributed by atoms with Gasteiger partial charge in [-0.1, -0.05) is 65.8 Å². The first kappa shape index (κ1) is 20.2. The molecule has 0 radical (unpaired) electrons. The van der Waals surface area contributed by atoms with Gasteiger partial charge in [0.1, 0.15) is 11.9 Å². The maximum atomic E-state index is 10.6. The lowest BCUT2D eigenvalue weighted by Gasteiger charge is -2.25. The van der Waals surface area contributed by atoms with Crippen molar-refractivity contribution in [2.75, 3.05) is 0 Å². The Labute approximate surface area is 146 Å². The minimum absolute atomic E-state index is 0.141. The third-order valence-corrected chi connectivity index (χ3v) is 4.64. The second-order valence-corrected chi connectivity index (χ2v) is 8.38. The molecule has 0 saturated carbocycles. The minimum atomic E-state index is -0.141. The Balaban J connectivity index is 2.81. The summed E-state index contributed by atoms with van der Waals surface area (Å²) in [5.41, 5.74) is 2.28. The predicted octanol–water partition coefficient (Wildman–Crippen LogP) is 5.50. The van der Waals surface area contributed by atoms with Crippen molar-refractivity contribution in [2.45, 2.75) is 66.2 Å². The summed E-state index contributed by atoms with van der Waals surface area (Å²) in [5.74, 6) is 4.59. The van der Waals surface area contributed by atoms with E-state index >= 15 is 0 Å². The second-order valence-electron chi connectivity index (χ2n) is 8.38. The SMILES string of the molecule is CC(CC(C)(C)C=C=O)c1ccc(C(C)CC(C)(C)C=C=O)cc1. The van der Waals surface area contributed by atoms with Crippen LogP contribution < -0.4 is 0 Å². The molecule has 1 aromatic carbocycles. The number of hydrogen-bond acceptors (Lipinski definition) is 2. The Morgan fingerprint density at radius 2 is 1.08 bits per heavy atom. The molecule has 0 bridgehead atoms. The van der Waals surface area contributed by atoms with Gasteiger partial charge in [-0.15, -0.1) is 0 Å². The van der Waals surface area contributed by atoms with Crippen LogP contribution in [0.3, 0.4) is 0 Å². The summed E-state index contributed by atoms with van der Waals surface area (Å²) in [6.45, 7) is 12.6. The molecule has 0 saturated heterocycles. The molecule has 0 aliphatic heterocycles. The van der Waals surface area contributed by atoms with E-state index in [0.717, 1.165) is 12.8 Å². The lowest BCUT2D eigenvalue weighted by molar-refractivity contribution is 0.399. The molecule has 0 spiro atoms. The van der Waals surface area contributed by atoms with Gasteiger partial charge in [-0.05, 0) is 46.6 Å². The molecule has 2 atom stereocenters. The highest BCUT2D eigenvalue weighted by Crippen LogP contribution is 2.34. The molecule has 24 heavy (non-hydrogen) atoms. The summed E-state index contributed by atoms with van der Waals surface area (Å²) < 4.78 is 0. The van der Waals surface area contributed by atoms with E-state index in [4.69, 9.17) is 0 Å². The smallest absolute Gasteiger partial charge is 0.120 e. The normalized spacial score (nSPS) is 14.2. The molecule has 0 aromatic heterocycles. The molecule has 1 rings (SSSR count). The van der Waals surface area contributed by atoms with E-state index in [1.165, 1.54) is 11.1 Å². The third-order valence-electron chi connectivity index (χ3n) is 4.64. The van der Waals surface area contributed by atoms with Crippen molar-refractivity contribution in [3.05, 3.63) is 47.5 Å². The predicted molar refractivity (Wildman–Crippen MR) is 101 cm³/mol. The summed E-state index contributed by atoms with van der Waals surface area (Å²) >= 11 is 0. The zero-order valence-corrected chi connectivity index (χ0v) is 15.8. The first-order valence-electron chi connectivity index (χ1n) is 8.64. The van der Waals surface area contributed by atoms with Gasteiger partial charge in [0.25, 0.3) is 0 Å². The minimum Gasteiger partial charge on any atom is -0.234 e. The quantitative estimate of drug-likeness (QED) is 0.591. The lowest BCUT2D eigenvalue weighted by Crippen LogP contribution is -2.13. The molecule has 0 heterocycles. The van der Waals surface area contributed by atoms with Crippen LogP contribution in [0.2, 0.25) is 0 Å². The Morgan fingerprint density at radius 1 is 0.792 bits per heavy atom. The molecule has 1 aromatic rings. The van der Waals surface area contributed by atoms with E-state index < -0.39 is 0 Å². The van der Waals surface area contributed by atoms with Crippen molar-refractivity contribution in [1.82, 2.24) is 0 Å². The Hall–Kier alpha value is -1.88. The fourth-order valence-electron chi connectivity index (χ4n) is 3.40. The van der Waals surface area contributed by atoms with Crippen LogP contribution >= 0.6 is 0 Å². The van der Waals surface area contributed by atoms with Gasteiger partial charge in [0.2, 0.25) is 0 Å². The molecule has 0 amide bonds. The van der Waals surface area contributed by atoms with Crippen LogP contribution in [-0.2, 0) is 9.59 Å². The van der Waals surface area contributed by atoms with Crippen LogP contribution in [-0.4, -0.2) is 11.9 Å². The van der Waals surface area contributed by atoms with Crippen molar-refractivity contribution in [3.63, 3.8) is 0 Å². The van der Waals surface area contributed by atoms with Gasteiger partial charge in [0.05, 0.1) is 0 Å². The van der Waals surface area contributed by atoms with Gasteiger partial charge in [-0.25, -0.2) is 9.59 Å². The average Bonchev–Trinajstić information content (AvgIpc) is 2.46. The van der Waals surface area contributed by atoms with Crippen molar-refractivity contribution >= 4 is 11.9 Å². The Morgan fingerprint density at radius 3 is 1.33 bits per heavy atom. The highest BCUT2D eigenvalue weighted by atomic mass is 16.1. The molecule has 0 fully saturated rings. The summed E-state index contributed by atoms with van der Waals surface area (Å²) in [7, 11) is 0. The van der Waals surface area contributed by atoms with E-state index in [9.17, 15) is 9.59 Å². The second kappa shape index (κ2) is 8.29. The zero-order chi connectivity index (χ0) is 18.4. The van der Waals surface area contributed by atoms with E-state index in [0.29, 0.717) is 11.8 Å². The van der Waals surface area contributed by atoms with Gasteiger partial charge in [0.15, 0.2) is 0 Å². The van der Waals surface area contributed by atoms with Gasteiger partial charge in [-0.3, -0.25) is 0 Å². The van der Waals surface area contributed by atoms with Crippen LogP contribution in [0.25, 0.3) is 0 Å². The van der Waals surface area contributed by atoms with Gasteiger partial charge < -0.3 is 0 Å². The van der Waals surface area contributed by atoms with Crippen LogP contribution in [0.15, 0.2) is 36.4 Å². The summed E-state index contributed by atoms with van der Waals surface area (Å²) in [5, 5.41) is 0. The number of carbonyl (C=O) groups excluding carboxylic acids is 2. The van der Waals surface area contributed by atoms with Crippen molar-refractivity contribution in [2.24, 2.45) is 10.8 Å². The number of rotatable bonds is 8. The van der Waals surface area contributed by atoms with Crippen LogP contribution in [0.4, 0.5) is 0 Å². The standard InChI is InChI=1S/C22H30O2/c1-17(15-21(3,4)11-13-23)19-7-9-20(10-8-19)18(2)16-22(5,6)12-14-24/h7-12,17-18H,15-16H2,1-6H3. The number of allylic oxidation sites excluding steroid dienone is 2. The molecule has 130 valence electrons. The summed E-state index contributed by atoms with van der Waals surface area (Å²) in [6, 6.07) is 8.72. The topological polar surface area (TPSA) is 34.1 Å². The Kier molecular flexibility index (Phi) is 6.96. The largest absolute Gasteiger partial charge is 0.234 e. The maximum absolute atomic E-state index is 10.6. The molecule has 2 nitrogen and oxygen atoms in total. The highest BCUT2D eigenvalue weighted by Gasteiger charge is 2.21. The summed E-state index contributed by atoms with van der Waals surface area (Å²) in [4.78, 5) is 21.2. The molecule has 0 aliphatic rings. The average molecular weight is 326 g/mol. The van der Waals surface area contributed by atoms with Crippen LogP contribution in [0.5, 0.6) is 0 Å². The fourth-order valence-corrected chi connectivity index (χ4v) is 3.40. The van der Waals surface area contributed by atoms with E-state index in [2.05, 4.69) is 65.8 Å². The van der Waals surface area contributed by atoms with E-state index in [1.54, 1.807) is 12.2 Å². The van der Waals surface area contributed by atoms with Gasteiger partial charge >= 0.3 is 0 Å². The summed E-state index contributed by atoms with van der Waals surface area (Å²) in [6.07, 6.45) is 5.05. The van der Waals surface area contributed by atoms with Crippen molar-refractivity contribution < 1.29 is 9.59 Å². The van der Waals surface area contributed by atoms with Crippen LogP contribution in [0.1, 0.15) is 77.3 Å². The fraction of sp³-hybridized carbons (Fsp3) is 0.545. The molecule has 0 aliphatic carbocycles. The molecular formula is C22H30O2. The van der Waals surface area contributed by atoms with Crippen molar-refractivity contribution in [1.29, 1.82) is 0 Å². The van der Waals surface area contributed by atoms with E-state index in [1.807, 2.05) is 11.9 Å². The molecular weight excluding hydrogens is 296 g/mol. The highest BCUT2D eigenvalue weighted by molar-refractivity contribution is 5.47. The lowest BCUT2D eigenvalue weighted by atomic mass is 9.79. The van der Waals surface area contributed by atoms with Gasteiger partial charge in [0, 0.05) is 12.2 Å². The molecule has 0 N–H and O–H groups in total. The Bertz CT molecular complexity index is 567. The zero-order valence-electron chi connectivity index (χ0n) is 15.8. The van der Waals surface area contributed by atoms with Crippen molar-refractivity contribution in [3.8, 4) is 0 Å².